The summed E-state index contributed by atoms with van der Waals surface area (Å²) in [5, 5.41) is 0. The first-order chi connectivity index (χ1) is 9.60. The molecule has 0 aromatic heterocycles. The molecule has 0 saturated heterocycles. The summed E-state index contributed by atoms with van der Waals surface area (Å²) in [4.78, 5) is 0. The van der Waals surface area contributed by atoms with Crippen molar-refractivity contribution in [3.8, 4) is 0 Å². The van der Waals surface area contributed by atoms with Gasteiger partial charge >= 0.3 is 0 Å². The van der Waals surface area contributed by atoms with Crippen LogP contribution in [-0.4, -0.2) is 36.9 Å². The second-order valence-electron chi connectivity index (χ2n) is 7.30. The Morgan fingerprint density at radius 3 is 2.10 bits per heavy atom. The van der Waals surface area contributed by atoms with Crippen molar-refractivity contribution in [1.82, 2.24) is 9.03 Å². The molecule has 1 fully saturated rings. The van der Waals surface area contributed by atoms with E-state index < -0.39 is 21.3 Å². The Morgan fingerprint density at radius 2 is 1.76 bits per heavy atom. The summed E-state index contributed by atoms with van der Waals surface area (Å²) in [7, 11) is -3.52. The molecule has 3 N–H and O–H groups in total. The minimum Gasteiger partial charge on any atom is -0.329 e. The molecule has 21 heavy (non-hydrogen) atoms. The maximum Gasteiger partial charge on any atom is 0.280 e. The van der Waals surface area contributed by atoms with E-state index in [9.17, 15) is 8.42 Å². The van der Waals surface area contributed by atoms with E-state index in [1.807, 2.05) is 27.7 Å². The number of hydrogen-bond donors (Lipinski definition) is 2. The number of nitrogens with zero attached hydrogens (tertiary/aromatic N) is 1. The molecule has 1 rings (SSSR count). The maximum absolute atomic E-state index is 12.8. The first kappa shape index (κ1) is 18.9. The fourth-order valence-electron chi connectivity index (χ4n) is 3.38. The van der Waals surface area contributed by atoms with Crippen molar-refractivity contribution >= 4 is 10.2 Å². The van der Waals surface area contributed by atoms with Crippen molar-refractivity contribution in [2.75, 3.05) is 13.1 Å². The van der Waals surface area contributed by atoms with Crippen molar-refractivity contribution in [3.63, 3.8) is 0 Å². The van der Waals surface area contributed by atoms with Gasteiger partial charge in [-0.3, -0.25) is 0 Å². The summed E-state index contributed by atoms with van der Waals surface area (Å²) in [5.74, 6) is 0.710. The highest BCUT2D eigenvalue weighted by Gasteiger charge is 2.44. The molecule has 0 radical (unpaired) electrons. The SMILES string of the molecule is CCC1CCC(CN)(N(CC)S(=O)(=O)NC(C)(C)C)CC1. The molecule has 0 heterocycles. The molecule has 0 spiro atoms. The highest BCUT2D eigenvalue weighted by atomic mass is 32.2. The van der Waals surface area contributed by atoms with Crippen LogP contribution in [0, 0.1) is 5.92 Å². The molecule has 5 nitrogen and oxygen atoms in total. The van der Waals surface area contributed by atoms with Crippen LogP contribution >= 0.6 is 0 Å². The normalized spacial score (nSPS) is 28.0. The average molecular weight is 320 g/mol. The predicted octanol–water partition coefficient (Wildman–Crippen LogP) is 2.24. The predicted molar refractivity (Wildman–Crippen MR) is 88.2 cm³/mol. The molecule has 1 aliphatic carbocycles. The standard InChI is InChI=1S/C15H33N3O2S/c1-6-13-8-10-15(12-16,11-9-13)18(7-2)21(19,20)17-14(3,4)5/h13,17H,6-12,16H2,1-5H3. The molecule has 1 aliphatic rings. The lowest BCUT2D eigenvalue weighted by Crippen LogP contribution is -2.62. The van der Waals surface area contributed by atoms with Crippen LogP contribution < -0.4 is 10.5 Å². The topological polar surface area (TPSA) is 75.4 Å². The van der Waals surface area contributed by atoms with Gasteiger partial charge in [0.1, 0.15) is 0 Å². The molecule has 0 aromatic carbocycles. The lowest BCUT2D eigenvalue weighted by atomic mass is 9.75. The molecule has 1 saturated carbocycles. The monoisotopic (exact) mass is 319 g/mol. The van der Waals surface area contributed by atoms with Gasteiger partial charge in [0.05, 0.1) is 0 Å². The fourth-order valence-corrected chi connectivity index (χ4v) is 5.37. The lowest BCUT2D eigenvalue weighted by Gasteiger charge is -2.46. The summed E-state index contributed by atoms with van der Waals surface area (Å²) in [6, 6.07) is 0. The number of nitrogens with two attached hydrogens (primary N) is 1. The van der Waals surface area contributed by atoms with Gasteiger partial charge in [-0.05, 0) is 52.4 Å². The Kier molecular flexibility index (Phi) is 6.24. The molecular weight excluding hydrogens is 286 g/mol. The quantitative estimate of drug-likeness (QED) is 0.788. The number of hydrogen-bond acceptors (Lipinski definition) is 3. The van der Waals surface area contributed by atoms with E-state index in [0.717, 1.165) is 25.7 Å². The first-order valence-corrected chi connectivity index (χ1v) is 9.56. The van der Waals surface area contributed by atoms with Gasteiger partial charge in [-0.25, -0.2) is 0 Å². The fraction of sp³-hybridized carbons (Fsp3) is 1.00. The second kappa shape index (κ2) is 6.94. The summed E-state index contributed by atoms with van der Waals surface area (Å²) in [6.45, 7) is 10.5. The van der Waals surface area contributed by atoms with Gasteiger partial charge in [0, 0.05) is 24.2 Å². The van der Waals surface area contributed by atoms with E-state index in [2.05, 4.69) is 11.6 Å². The van der Waals surface area contributed by atoms with E-state index in [1.54, 1.807) is 4.31 Å². The second-order valence-corrected chi connectivity index (χ2v) is 8.90. The van der Waals surface area contributed by atoms with E-state index in [0.29, 0.717) is 19.0 Å². The smallest absolute Gasteiger partial charge is 0.280 e. The first-order valence-electron chi connectivity index (χ1n) is 8.12. The molecule has 0 aromatic rings. The van der Waals surface area contributed by atoms with Crippen LogP contribution in [0.5, 0.6) is 0 Å². The Bertz CT molecular complexity index is 421. The number of nitrogens with one attached hydrogen (secondary N) is 1. The van der Waals surface area contributed by atoms with Crippen LogP contribution in [0.4, 0.5) is 0 Å². The van der Waals surface area contributed by atoms with Crippen LogP contribution in [0.25, 0.3) is 0 Å². The van der Waals surface area contributed by atoms with E-state index in [1.165, 1.54) is 6.42 Å². The van der Waals surface area contributed by atoms with Crippen molar-refractivity contribution < 1.29 is 8.42 Å². The van der Waals surface area contributed by atoms with E-state index in [-0.39, 0.29) is 0 Å². The zero-order chi connectivity index (χ0) is 16.3. The lowest BCUT2D eigenvalue weighted by molar-refractivity contribution is 0.112. The molecule has 6 heteroatoms. The molecular formula is C15H33N3O2S. The van der Waals surface area contributed by atoms with Crippen LogP contribution in [0.3, 0.4) is 0 Å². The van der Waals surface area contributed by atoms with Gasteiger partial charge in [0.25, 0.3) is 10.2 Å². The molecule has 0 amide bonds. The van der Waals surface area contributed by atoms with E-state index >= 15 is 0 Å². The van der Waals surface area contributed by atoms with Gasteiger partial charge in [0.2, 0.25) is 0 Å². The molecule has 0 bridgehead atoms. The minimum atomic E-state index is -3.52. The number of rotatable bonds is 6. The number of likely N-dealkylation sites (N-methyl/N-ethyl adjacent to an activating group) is 1. The molecule has 0 unspecified atom stereocenters. The minimum absolute atomic E-state index is 0.391. The third-order valence-corrected chi connectivity index (χ3v) is 6.63. The van der Waals surface area contributed by atoms with Gasteiger partial charge < -0.3 is 5.73 Å². The average Bonchev–Trinajstić information content (AvgIpc) is 2.37. The van der Waals surface area contributed by atoms with E-state index in [4.69, 9.17) is 5.73 Å². The Hall–Kier alpha value is -0.170. The van der Waals surface area contributed by atoms with Crippen molar-refractivity contribution in [1.29, 1.82) is 0 Å². The molecule has 126 valence electrons. The van der Waals surface area contributed by atoms with Gasteiger partial charge in [0.15, 0.2) is 0 Å². The van der Waals surface area contributed by atoms with Crippen molar-refractivity contribution in [2.24, 2.45) is 11.7 Å². The Balaban J connectivity index is 3.01. The molecule has 0 atom stereocenters. The summed E-state index contributed by atoms with van der Waals surface area (Å²) >= 11 is 0. The highest BCUT2D eigenvalue weighted by molar-refractivity contribution is 7.87. The molecule has 0 aliphatic heterocycles. The maximum atomic E-state index is 12.8. The van der Waals surface area contributed by atoms with Crippen molar-refractivity contribution in [2.45, 2.75) is 77.8 Å². The largest absolute Gasteiger partial charge is 0.329 e. The van der Waals surface area contributed by atoms with Crippen LogP contribution in [0.2, 0.25) is 0 Å². The summed E-state index contributed by atoms with van der Waals surface area (Å²) < 4.78 is 29.9. The van der Waals surface area contributed by atoms with Gasteiger partial charge in [-0.1, -0.05) is 20.3 Å². The third-order valence-electron chi connectivity index (χ3n) is 4.53. The third kappa shape index (κ3) is 4.65. The van der Waals surface area contributed by atoms with Gasteiger partial charge in [-0.2, -0.15) is 17.4 Å². The zero-order valence-electron chi connectivity index (χ0n) is 14.3. The van der Waals surface area contributed by atoms with Crippen LogP contribution in [0.1, 0.15) is 66.7 Å². The Morgan fingerprint density at radius 1 is 1.24 bits per heavy atom. The van der Waals surface area contributed by atoms with Crippen LogP contribution in [-0.2, 0) is 10.2 Å². The zero-order valence-corrected chi connectivity index (χ0v) is 15.1. The van der Waals surface area contributed by atoms with Crippen molar-refractivity contribution in [3.05, 3.63) is 0 Å². The highest BCUT2D eigenvalue weighted by Crippen LogP contribution is 2.38. The summed E-state index contributed by atoms with van der Waals surface area (Å²) in [5.41, 5.74) is 5.13. The van der Waals surface area contributed by atoms with Crippen LogP contribution in [0.15, 0.2) is 0 Å². The van der Waals surface area contributed by atoms with Gasteiger partial charge in [-0.15, -0.1) is 0 Å². The summed E-state index contributed by atoms with van der Waals surface area (Å²) in [6.07, 6.45) is 5.02. The Labute approximate surface area is 130 Å².